The van der Waals surface area contributed by atoms with Crippen molar-refractivity contribution in [1.82, 2.24) is 10.3 Å². The summed E-state index contributed by atoms with van der Waals surface area (Å²) in [4.78, 5) is 18.2. The molecule has 1 amide bonds. The number of hydrogen-bond donors (Lipinski definition) is 2. The van der Waals surface area contributed by atoms with Crippen LogP contribution in [0.4, 0.5) is 16.3 Å². The Hall–Kier alpha value is -1.98. The lowest BCUT2D eigenvalue weighted by Gasteiger charge is -2.21. The van der Waals surface area contributed by atoms with Crippen molar-refractivity contribution in [2.75, 3.05) is 30.3 Å². The molecule has 1 aliphatic rings. The molecule has 3 N–H and O–H groups in total. The first-order chi connectivity index (χ1) is 9.83. The van der Waals surface area contributed by atoms with Crippen LogP contribution in [0.1, 0.15) is 27.2 Å². The Kier molecular flexibility index (Phi) is 4.55. The number of nitrogens with two attached hydrogens (primary N) is 1. The maximum absolute atomic E-state index is 11.6. The van der Waals surface area contributed by atoms with Gasteiger partial charge in [-0.1, -0.05) is 0 Å². The zero-order valence-electron chi connectivity index (χ0n) is 12.9. The molecule has 1 aliphatic heterocycles. The summed E-state index contributed by atoms with van der Waals surface area (Å²) in [5, 5.41) is 2.83. The minimum atomic E-state index is -0.459. The van der Waals surface area contributed by atoms with E-state index in [-0.39, 0.29) is 6.09 Å². The van der Waals surface area contributed by atoms with Gasteiger partial charge >= 0.3 is 6.09 Å². The average Bonchev–Trinajstić information content (AvgIpc) is 2.84. The van der Waals surface area contributed by atoms with Crippen LogP contribution in [0.2, 0.25) is 0 Å². The third-order valence-corrected chi connectivity index (χ3v) is 3.31. The van der Waals surface area contributed by atoms with E-state index in [1.807, 2.05) is 32.9 Å². The average molecular weight is 292 g/mol. The molecule has 0 radical (unpaired) electrons. The highest BCUT2D eigenvalue weighted by atomic mass is 16.6. The van der Waals surface area contributed by atoms with Gasteiger partial charge in [0, 0.05) is 19.6 Å². The normalized spacial score (nSPS) is 18.6. The predicted octanol–water partition coefficient (Wildman–Crippen LogP) is 2.01. The van der Waals surface area contributed by atoms with Gasteiger partial charge in [-0.2, -0.15) is 0 Å². The molecule has 2 rings (SSSR count). The molecule has 0 unspecified atom stereocenters. The van der Waals surface area contributed by atoms with E-state index in [0.717, 1.165) is 25.3 Å². The van der Waals surface area contributed by atoms with Gasteiger partial charge in [-0.25, -0.2) is 9.78 Å². The summed E-state index contributed by atoms with van der Waals surface area (Å²) in [6.07, 6.45) is 2.34. The first-order valence-electron chi connectivity index (χ1n) is 7.27. The maximum Gasteiger partial charge on any atom is 0.407 e. The van der Waals surface area contributed by atoms with Crippen molar-refractivity contribution in [3.8, 4) is 0 Å². The van der Waals surface area contributed by atoms with Gasteiger partial charge < -0.3 is 20.7 Å². The van der Waals surface area contributed by atoms with Crippen molar-refractivity contribution in [2.24, 2.45) is 5.92 Å². The Balaban J connectivity index is 1.78. The van der Waals surface area contributed by atoms with Crippen molar-refractivity contribution in [3.63, 3.8) is 0 Å². The molecule has 0 aliphatic carbocycles. The van der Waals surface area contributed by atoms with Crippen LogP contribution in [0.5, 0.6) is 0 Å². The maximum atomic E-state index is 11.6. The SMILES string of the molecule is CC(C)(C)OC(=O)NC[C@H]1CCN(c2ccc(N)cn2)C1. The zero-order valence-corrected chi connectivity index (χ0v) is 12.9. The first-order valence-corrected chi connectivity index (χ1v) is 7.27. The number of nitrogen functional groups attached to an aromatic ring is 1. The largest absolute Gasteiger partial charge is 0.444 e. The zero-order chi connectivity index (χ0) is 15.5. The van der Waals surface area contributed by atoms with Gasteiger partial charge in [0.05, 0.1) is 11.9 Å². The van der Waals surface area contributed by atoms with Crippen molar-refractivity contribution < 1.29 is 9.53 Å². The number of carbonyl (C=O) groups excluding carboxylic acids is 1. The highest BCUT2D eigenvalue weighted by Crippen LogP contribution is 2.22. The van der Waals surface area contributed by atoms with Crippen LogP contribution in [-0.4, -0.2) is 36.3 Å². The number of pyridine rings is 1. The van der Waals surface area contributed by atoms with E-state index in [9.17, 15) is 4.79 Å². The molecule has 6 nitrogen and oxygen atoms in total. The molecule has 1 atom stereocenters. The predicted molar refractivity (Wildman–Crippen MR) is 83.2 cm³/mol. The Morgan fingerprint density at radius 2 is 2.29 bits per heavy atom. The number of alkyl carbamates (subject to hydrolysis) is 1. The van der Waals surface area contributed by atoms with Crippen molar-refractivity contribution >= 4 is 17.6 Å². The molecule has 0 spiro atoms. The van der Waals surface area contributed by atoms with Gasteiger partial charge in [-0.3, -0.25) is 0 Å². The lowest BCUT2D eigenvalue weighted by molar-refractivity contribution is 0.0520. The van der Waals surface area contributed by atoms with E-state index < -0.39 is 5.60 Å². The summed E-state index contributed by atoms with van der Waals surface area (Å²) in [6, 6.07) is 3.79. The number of amides is 1. The number of carbonyl (C=O) groups is 1. The molecular weight excluding hydrogens is 268 g/mol. The first kappa shape index (κ1) is 15.4. The van der Waals surface area contributed by atoms with Gasteiger partial charge in [0.1, 0.15) is 11.4 Å². The number of ether oxygens (including phenoxy) is 1. The van der Waals surface area contributed by atoms with Crippen LogP contribution in [0.3, 0.4) is 0 Å². The van der Waals surface area contributed by atoms with Gasteiger partial charge in [-0.15, -0.1) is 0 Å². The van der Waals surface area contributed by atoms with Crippen LogP contribution >= 0.6 is 0 Å². The van der Waals surface area contributed by atoms with E-state index in [1.54, 1.807) is 6.20 Å². The highest BCUT2D eigenvalue weighted by molar-refractivity contribution is 5.67. The Bertz CT molecular complexity index is 481. The number of nitrogens with zero attached hydrogens (tertiary/aromatic N) is 2. The van der Waals surface area contributed by atoms with E-state index in [2.05, 4.69) is 15.2 Å². The molecule has 2 heterocycles. The molecule has 1 aromatic rings. The number of hydrogen-bond acceptors (Lipinski definition) is 5. The second-order valence-corrected chi connectivity index (χ2v) is 6.43. The van der Waals surface area contributed by atoms with E-state index in [4.69, 9.17) is 10.5 Å². The van der Waals surface area contributed by atoms with Gasteiger partial charge in [0.15, 0.2) is 0 Å². The van der Waals surface area contributed by atoms with Crippen LogP contribution in [0.15, 0.2) is 18.3 Å². The lowest BCUT2D eigenvalue weighted by Crippen LogP contribution is -2.36. The van der Waals surface area contributed by atoms with E-state index >= 15 is 0 Å². The molecule has 6 heteroatoms. The summed E-state index contributed by atoms with van der Waals surface area (Å²) < 4.78 is 5.23. The van der Waals surface area contributed by atoms with E-state index in [0.29, 0.717) is 18.2 Å². The fourth-order valence-corrected chi connectivity index (χ4v) is 2.33. The standard InChI is InChI=1S/C15H24N4O2/c1-15(2,3)21-14(20)18-8-11-6-7-19(10-11)13-5-4-12(16)9-17-13/h4-5,9,11H,6-8,10,16H2,1-3H3,(H,18,20)/t11-/m1/s1. The molecular formula is C15H24N4O2. The number of rotatable bonds is 3. The third-order valence-electron chi connectivity index (χ3n) is 3.31. The highest BCUT2D eigenvalue weighted by Gasteiger charge is 2.24. The third kappa shape index (κ3) is 4.81. The van der Waals surface area contributed by atoms with Crippen LogP contribution in [-0.2, 0) is 4.74 Å². The number of nitrogens with one attached hydrogen (secondary N) is 1. The summed E-state index contributed by atoms with van der Waals surface area (Å²) in [7, 11) is 0. The van der Waals surface area contributed by atoms with Crippen molar-refractivity contribution in [3.05, 3.63) is 18.3 Å². The van der Waals surface area contributed by atoms with Crippen LogP contribution in [0.25, 0.3) is 0 Å². The molecule has 0 bridgehead atoms. The minimum Gasteiger partial charge on any atom is -0.444 e. The summed E-state index contributed by atoms with van der Waals surface area (Å²) >= 11 is 0. The molecule has 116 valence electrons. The molecule has 1 fully saturated rings. The van der Waals surface area contributed by atoms with Gasteiger partial charge in [0.25, 0.3) is 0 Å². The number of aromatic nitrogens is 1. The quantitative estimate of drug-likeness (QED) is 0.891. The van der Waals surface area contributed by atoms with Crippen LogP contribution < -0.4 is 16.0 Å². The monoisotopic (exact) mass is 292 g/mol. The fraction of sp³-hybridized carbons (Fsp3) is 0.600. The summed E-state index contributed by atoms with van der Waals surface area (Å²) in [5.41, 5.74) is 5.85. The smallest absolute Gasteiger partial charge is 0.407 e. The molecule has 0 aromatic carbocycles. The van der Waals surface area contributed by atoms with Crippen molar-refractivity contribution in [2.45, 2.75) is 32.8 Å². The molecule has 1 aromatic heterocycles. The lowest BCUT2D eigenvalue weighted by atomic mass is 10.1. The molecule has 21 heavy (non-hydrogen) atoms. The van der Waals surface area contributed by atoms with E-state index in [1.165, 1.54) is 0 Å². The molecule has 0 saturated carbocycles. The second-order valence-electron chi connectivity index (χ2n) is 6.43. The Labute approximate surface area is 125 Å². The molecule has 1 saturated heterocycles. The Morgan fingerprint density at radius 1 is 1.52 bits per heavy atom. The van der Waals surface area contributed by atoms with Crippen LogP contribution in [0, 0.1) is 5.92 Å². The van der Waals surface area contributed by atoms with Crippen molar-refractivity contribution in [1.29, 1.82) is 0 Å². The van der Waals surface area contributed by atoms with Gasteiger partial charge in [-0.05, 0) is 45.2 Å². The fourth-order valence-electron chi connectivity index (χ4n) is 2.33. The second kappa shape index (κ2) is 6.20. The number of anilines is 2. The minimum absolute atomic E-state index is 0.355. The topological polar surface area (TPSA) is 80.5 Å². The summed E-state index contributed by atoms with van der Waals surface area (Å²) in [5.74, 6) is 1.35. The summed E-state index contributed by atoms with van der Waals surface area (Å²) in [6.45, 7) is 8.02. The Morgan fingerprint density at radius 3 is 2.90 bits per heavy atom. The van der Waals surface area contributed by atoms with Gasteiger partial charge in [0.2, 0.25) is 0 Å².